The number of nitrogens with zero attached hydrogens (tertiary/aromatic N) is 3. The van der Waals surface area contributed by atoms with Gasteiger partial charge >= 0.3 is 0 Å². The molecular formula is C18H21ClN4O3S3. The van der Waals surface area contributed by atoms with Crippen molar-refractivity contribution in [3.63, 3.8) is 0 Å². The van der Waals surface area contributed by atoms with E-state index in [-0.39, 0.29) is 18.2 Å². The minimum atomic E-state index is -3.54. The predicted octanol–water partition coefficient (Wildman–Crippen LogP) is 3.65. The number of hydrogen-bond donors (Lipinski definition) is 1. The van der Waals surface area contributed by atoms with Crippen LogP contribution in [-0.4, -0.2) is 47.7 Å². The third-order valence-electron chi connectivity index (χ3n) is 4.35. The molecule has 1 N–H and O–H groups in total. The maximum absolute atomic E-state index is 12.8. The van der Waals surface area contributed by atoms with Crippen LogP contribution in [0.2, 0.25) is 5.02 Å². The SMILES string of the molecule is C=CCSc1nnc(NC(=O)C2CCCN(S(=O)(=O)Cc3cccc(Cl)c3)C2)s1. The van der Waals surface area contributed by atoms with Gasteiger partial charge in [-0.1, -0.05) is 52.9 Å². The van der Waals surface area contributed by atoms with Crippen LogP contribution in [0.25, 0.3) is 0 Å². The van der Waals surface area contributed by atoms with E-state index in [0.717, 1.165) is 4.34 Å². The highest BCUT2D eigenvalue weighted by molar-refractivity contribution is 8.01. The first-order valence-electron chi connectivity index (χ1n) is 8.97. The second-order valence-corrected chi connectivity index (χ2v) is 11.2. The number of halogens is 1. The molecule has 156 valence electrons. The van der Waals surface area contributed by atoms with Crippen LogP contribution in [0.15, 0.2) is 41.3 Å². The summed E-state index contributed by atoms with van der Waals surface area (Å²) in [4.78, 5) is 12.6. The van der Waals surface area contributed by atoms with Crippen LogP contribution < -0.4 is 5.32 Å². The molecule has 1 atom stereocenters. The third-order valence-corrected chi connectivity index (χ3v) is 8.37. The number of amides is 1. The fraction of sp³-hybridized carbons (Fsp3) is 0.389. The summed E-state index contributed by atoms with van der Waals surface area (Å²) in [5, 5.41) is 11.7. The van der Waals surface area contributed by atoms with Crippen molar-refractivity contribution in [2.45, 2.75) is 22.9 Å². The van der Waals surface area contributed by atoms with Gasteiger partial charge < -0.3 is 5.32 Å². The molecule has 1 fully saturated rings. The van der Waals surface area contributed by atoms with E-state index >= 15 is 0 Å². The van der Waals surface area contributed by atoms with Gasteiger partial charge in [0.05, 0.1) is 11.7 Å². The first kappa shape index (κ1) is 22.2. The highest BCUT2D eigenvalue weighted by Gasteiger charge is 2.32. The van der Waals surface area contributed by atoms with Crippen molar-refractivity contribution in [3.05, 3.63) is 47.5 Å². The number of carbonyl (C=O) groups excluding carboxylic acids is 1. The van der Waals surface area contributed by atoms with Crippen molar-refractivity contribution in [1.29, 1.82) is 0 Å². The van der Waals surface area contributed by atoms with Crippen LogP contribution in [-0.2, 0) is 20.6 Å². The van der Waals surface area contributed by atoms with Gasteiger partial charge in [0.2, 0.25) is 21.1 Å². The molecule has 0 spiro atoms. The molecule has 1 aliphatic heterocycles. The number of sulfonamides is 1. The van der Waals surface area contributed by atoms with E-state index in [1.54, 1.807) is 30.3 Å². The summed E-state index contributed by atoms with van der Waals surface area (Å²) >= 11 is 8.73. The number of rotatable bonds is 8. The molecule has 0 radical (unpaired) electrons. The smallest absolute Gasteiger partial charge is 0.230 e. The fourth-order valence-electron chi connectivity index (χ4n) is 2.99. The Morgan fingerprint density at radius 3 is 3.03 bits per heavy atom. The molecule has 0 bridgehead atoms. The number of anilines is 1. The van der Waals surface area contributed by atoms with Gasteiger partial charge in [-0.3, -0.25) is 4.79 Å². The van der Waals surface area contributed by atoms with E-state index in [1.807, 2.05) is 0 Å². The van der Waals surface area contributed by atoms with Crippen LogP contribution in [0.4, 0.5) is 5.13 Å². The van der Waals surface area contributed by atoms with E-state index < -0.39 is 15.9 Å². The molecule has 1 aromatic carbocycles. The number of carbonyl (C=O) groups is 1. The highest BCUT2D eigenvalue weighted by Crippen LogP contribution is 2.27. The average Bonchev–Trinajstić information content (AvgIpc) is 3.13. The summed E-state index contributed by atoms with van der Waals surface area (Å²) in [6, 6.07) is 6.80. The second kappa shape index (κ2) is 10.0. The molecule has 1 aromatic heterocycles. The molecule has 1 unspecified atom stereocenters. The Morgan fingerprint density at radius 2 is 2.28 bits per heavy atom. The number of aromatic nitrogens is 2. The van der Waals surface area contributed by atoms with Gasteiger partial charge in [0.25, 0.3) is 0 Å². The van der Waals surface area contributed by atoms with E-state index in [0.29, 0.717) is 40.9 Å². The Hall–Kier alpha value is -1.46. The van der Waals surface area contributed by atoms with Gasteiger partial charge in [0, 0.05) is 23.9 Å². The number of nitrogens with one attached hydrogen (secondary N) is 1. The van der Waals surface area contributed by atoms with E-state index in [4.69, 9.17) is 11.6 Å². The number of thioether (sulfide) groups is 1. The number of benzene rings is 1. The Balaban J connectivity index is 1.61. The normalized spacial score (nSPS) is 17.8. The van der Waals surface area contributed by atoms with Crippen molar-refractivity contribution >= 4 is 55.8 Å². The molecule has 3 rings (SSSR count). The summed E-state index contributed by atoms with van der Waals surface area (Å²) in [5.74, 6) is -0.0811. The molecule has 2 aromatic rings. The lowest BCUT2D eigenvalue weighted by atomic mass is 9.99. The van der Waals surface area contributed by atoms with Crippen molar-refractivity contribution < 1.29 is 13.2 Å². The van der Waals surface area contributed by atoms with Gasteiger partial charge in [-0.15, -0.1) is 16.8 Å². The maximum Gasteiger partial charge on any atom is 0.230 e. The van der Waals surface area contributed by atoms with Gasteiger partial charge in [-0.2, -0.15) is 0 Å². The molecule has 1 amide bonds. The summed E-state index contributed by atoms with van der Waals surface area (Å²) in [5.41, 5.74) is 0.627. The third kappa shape index (κ3) is 6.26. The van der Waals surface area contributed by atoms with E-state index in [9.17, 15) is 13.2 Å². The van der Waals surface area contributed by atoms with Crippen LogP contribution in [0.1, 0.15) is 18.4 Å². The Labute approximate surface area is 183 Å². The van der Waals surface area contributed by atoms with Crippen molar-refractivity contribution in [3.8, 4) is 0 Å². The Kier molecular flexibility index (Phi) is 7.69. The number of piperidine rings is 1. The zero-order chi connectivity index (χ0) is 20.9. The first-order chi connectivity index (χ1) is 13.9. The molecule has 7 nitrogen and oxygen atoms in total. The molecule has 2 heterocycles. The van der Waals surface area contributed by atoms with E-state index in [2.05, 4.69) is 22.1 Å². The lowest BCUT2D eigenvalue weighted by Gasteiger charge is -2.31. The molecule has 29 heavy (non-hydrogen) atoms. The zero-order valence-electron chi connectivity index (χ0n) is 15.6. The Morgan fingerprint density at radius 1 is 1.45 bits per heavy atom. The molecule has 0 aliphatic carbocycles. The monoisotopic (exact) mass is 472 g/mol. The fourth-order valence-corrected chi connectivity index (χ4v) is 6.32. The largest absolute Gasteiger partial charge is 0.300 e. The summed E-state index contributed by atoms with van der Waals surface area (Å²) in [7, 11) is -3.54. The summed E-state index contributed by atoms with van der Waals surface area (Å²) < 4.78 is 27.8. The summed E-state index contributed by atoms with van der Waals surface area (Å²) in [6.45, 7) is 4.22. The first-order valence-corrected chi connectivity index (χ1v) is 12.8. The van der Waals surface area contributed by atoms with Gasteiger partial charge in [-0.25, -0.2) is 12.7 Å². The summed E-state index contributed by atoms with van der Waals surface area (Å²) in [6.07, 6.45) is 3.03. The molecule has 1 aliphatic rings. The minimum Gasteiger partial charge on any atom is -0.300 e. The second-order valence-electron chi connectivity index (χ2n) is 6.55. The van der Waals surface area contributed by atoms with Crippen LogP contribution in [0, 0.1) is 5.92 Å². The highest BCUT2D eigenvalue weighted by atomic mass is 35.5. The van der Waals surface area contributed by atoms with Crippen LogP contribution in [0.3, 0.4) is 0 Å². The van der Waals surface area contributed by atoms with Crippen LogP contribution >= 0.6 is 34.7 Å². The lowest BCUT2D eigenvalue weighted by molar-refractivity contribution is -0.120. The van der Waals surface area contributed by atoms with E-state index in [1.165, 1.54) is 27.4 Å². The molecular weight excluding hydrogens is 452 g/mol. The maximum atomic E-state index is 12.8. The molecule has 11 heteroatoms. The average molecular weight is 473 g/mol. The topological polar surface area (TPSA) is 92.3 Å². The quantitative estimate of drug-likeness (QED) is 0.358. The Bertz CT molecular complexity index is 980. The predicted molar refractivity (Wildman–Crippen MR) is 118 cm³/mol. The lowest BCUT2D eigenvalue weighted by Crippen LogP contribution is -2.44. The van der Waals surface area contributed by atoms with Crippen molar-refractivity contribution in [2.75, 3.05) is 24.2 Å². The van der Waals surface area contributed by atoms with Crippen molar-refractivity contribution in [2.24, 2.45) is 5.92 Å². The van der Waals surface area contributed by atoms with Gasteiger partial charge in [-0.05, 0) is 30.5 Å². The minimum absolute atomic E-state index is 0.137. The van der Waals surface area contributed by atoms with Gasteiger partial charge in [0.15, 0.2) is 4.34 Å². The molecule has 1 saturated heterocycles. The zero-order valence-corrected chi connectivity index (χ0v) is 18.8. The van der Waals surface area contributed by atoms with Crippen LogP contribution in [0.5, 0.6) is 0 Å². The standard InChI is InChI=1S/C18H21ClN4O3S3/c1-2-9-27-18-22-21-17(28-18)20-16(24)14-6-4-8-23(11-14)29(25,26)12-13-5-3-7-15(19)10-13/h2-3,5,7,10,14H,1,4,6,8-9,11-12H2,(H,20,21,24). The van der Waals surface area contributed by atoms with Crippen molar-refractivity contribution in [1.82, 2.24) is 14.5 Å². The number of hydrogen-bond acceptors (Lipinski definition) is 7. The van der Waals surface area contributed by atoms with Gasteiger partial charge in [0.1, 0.15) is 0 Å². The molecule has 0 saturated carbocycles.